The summed E-state index contributed by atoms with van der Waals surface area (Å²) in [5.74, 6) is -0.101. The quantitative estimate of drug-likeness (QED) is 0.709. The van der Waals surface area contributed by atoms with E-state index in [0.717, 1.165) is 15.5 Å². The molecular weight excluding hydrogens is 322 g/mol. The molecule has 1 N–H and O–H groups in total. The van der Waals surface area contributed by atoms with Crippen molar-refractivity contribution in [3.63, 3.8) is 0 Å². The number of halogens is 1. The molecule has 0 saturated carbocycles. The van der Waals surface area contributed by atoms with Crippen LogP contribution in [0.4, 0.5) is 5.69 Å². The highest BCUT2D eigenvalue weighted by atomic mass is 79.9. The maximum Gasteiger partial charge on any atom is 0.255 e. The van der Waals surface area contributed by atoms with Crippen LogP contribution in [0.25, 0.3) is 10.1 Å². The maximum absolute atomic E-state index is 12.1. The van der Waals surface area contributed by atoms with Crippen LogP contribution in [0.5, 0.6) is 0 Å². The Kier molecular flexibility index (Phi) is 3.36. The van der Waals surface area contributed by atoms with E-state index in [2.05, 4.69) is 27.3 Å². The molecule has 1 heterocycles. The molecule has 2 nitrogen and oxygen atoms in total. The van der Waals surface area contributed by atoms with Crippen LogP contribution in [0.15, 0.2) is 58.4 Å². The number of rotatable bonds is 2. The average Bonchev–Trinajstić information content (AvgIpc) is 2.86. The molecule has 3 aromatic rings. The lowest BCUT2D eigenvalue weighted by Gasteiger charge is -2.05. The number of carbonyl (C=O) groups excluding carboxylic acids is 1. The van der Waals surface area contributed by atoms with Crippen molar-refractivity contribution >= 4 is 48.9 Å². The van der Waals surface area contributed by atoms with Gasteiger partial charge in [-0.05, 0) is 53.2 Å². The number of thiophene rings is 1. The van der Waals surface area contributed by atoms with Crippen molar-refractivity contribution in [2.45, 2.75) is 0 Å². The minimum Gasteiger partial charge on any atom is -0.322 e. The van der Waals surface area contributed by atoms with Crippen LogP contribution in [-0.2, 0) is 0 Å². The zero-order chi connectivity index (χ0) is 13.2. The van der Waals surface area contributed by atoms with Crippen molar-refractivity contribution < 1.29 is 4.79 Å². The van der Waals surface area contributed by atoms with E-state index in [4.69, 9.17) is 0 Å². The molecule has 0 saturated heterocycles. The molecule has 0 atom stereocenters. The Hall–Kier alpha value is -1.65. The second-order valence-corrected chi connectivity index (χ2v) is 6.00. The number of fused-ring (bicyclic) bond motifs is 1. The highest BCUT2D eigenvalue weighted by molar-refractivity contribution is 9.10. The molecule has 1 amide bonds. The summed E-state index contributed by atoms with van der Waals surface area (Å²) >= 11 is 5.06. The third-order valence-corrected chi connectivity index (χ3v) is 4.19. The van der Waals surface area contributed by atoms with Gasteiger partial charge in [-0.2, -0.15) is 0 Å². The SMILES string of the molecule is O=C(Nc1ccc2sccc2c1)c1cccc(Br)c1. The summed E-state index contributed by atoms with van der Waals surface area (Å²) in [4.78, 5) is 12.1. The first-order valence-electron chi connectivity index (χ1n) is 5.76. The van der Waals surface area contributed by atoms with E-state index in [1.54, 1.807) is 23.5 Å². The molecule has 2 aromatic carbocycles. The second-order valence-electron chi connectivity index (χ2n) is 4.14. The van der Waals surface area contributed by atoms with Gasteiger partial charge in [0.15, 0.2) is 0 Å². The molecule has 0 aliphatic heterocycles. The third kappa shape index (κ3) is 2.69. The van der Waals surface area contributed by atoms with Crippen molar-refractivity contribution in [1.82, 2.24) is 0 Å². The van der Waals surface area contributed by atoms with E-state index in [9.17, 15) is 4.79 Å². The number of anilines is 1. The van der Waals surface area contributed by atoms with E-state index in [0.29, 0.717) is 5.56 Å². The van der Waals surface area contributed by atoms with Gasteiger partial charge in [0.25, 0.3) is 5.91 Å². The number of nitrogens with one attached hydrogen (secondary N) is 1. The van der Waals surface area contributed by atoms with Crippen molar-refractivity contribution in [1.29, 1.82) is 0 Å². The molecule has 0 aliphatic carbocycles. The van der Waals surface area contributed by atoms with E-state index >= 15 is 0 Å². The molecule has 0 unspecified atom stereocenters. The average molecular weight is 332 g/mol. The van der Waals surface area contributed by atoms with Gasteiger partial charge < -0.3 is 5.32 Å². The number of hydrogen-bond donors (Lipinski definition) is 1. The van der Waals surface area contributed by atoms with Gasteiger partial charge in [-0.1, -0.05) is 22.0 Å². The summed E-state index contributed by atoms with van der Waals surface area (Å²) in [6, 6.07) is 15.3. The molecule has 0 bridgehead atoms. The van der Waals surface area contributed by atoms with Gasteiger partial charge in [-0.15, -0.1) is 11.3 Å². The lowest BCUT2D eigenvalue weighted by molar-refractivity contribution is 0.102. The first-order chi connectivity index (χ1) is 9.22. The molecular formula is C15H10BrNOS. The summed E-state index contributed by atoms with van der Waals surface area (Å²) in [6.45, 7) is 0. The van der Waals surface area contributed by atoms with Gasteiger partial charge >= 0.3 is 0 Å². The zero-order valence-electron chi connectivity index (χ0n) is 9.89. The fourth-order valence-corrected chi connectivity index (χ4v) is 3.05. The maximum atomic E-state index is 12.1. The lowest BCUT2D eigenvalue weighted by Crippen LogP contribution is -2.11. The van der Waals surface area contributed by atoms with E-state index < -0.39 is 0 Å². The predicted molar refractivity (Wildman–Crippen MR) is 83.9 cm³/mol. The van der Waals surface area contributed by atoms with Gasteiger partial charge in [0.1, 0.15) is 0 Å². The topological polar surface area (TPSA) is 29.1 Å². The standard InChI is InChI=1S/C15H10BrNOS/c16-12-3-1-2-11(8-12)15(18)17-13-4-5-14-10(9-13)6-7-19-14/h1-9H,(H,17,18). The molecule has 1 aromatic heterocycles. The summed E-state index contributed by atoms with van der Waals surface area (Å²) in [7, 11) is 0. The molecule has 3 rings (SSSR count). The normalized spacial score (nSPS) is 10.6. The Balaban J connectivity index is 1.86. The summed E-state index contributed by atoms with van der Waals surface area (Å²) in [5.41, 5.74) is 1.45. The third-order valence-electron chi connectivity index (χ3n) is 2.80. The van der Waals surface area contributed by atoms with Crippen molar-refractivity contribution in [3.05, 3.63) is 63.9 Å². The molecule has 0 fully saturated rings. The fraction of sp³-hybridized carbons (Fsp3) is 0. The second kappa shape index (κ2) is 5.15. The Morgan fingerprint density at radius 3 is 2.84 bits per heavy atom. The Bertz CT molecular complexity index is 750. The van der Waals surface area contributed by atoms with Crippen LogP contribution in [-0.4, -0.2) is 5.91 Å². The smallest absolute Gasteiger partial charge is 0.255 e. The van der Waals surface area contributed by atoms with E-state index in [1.807, 2.05) is 35.7 Å². The Morgan fingerprint density at radius 2 is 2.00 bits per heavy atom. The van der Waals surface area contributed by atoms with Crippen LogP contribution in [0.1, 0.15) is 10.4 Å². The monoisotopic (exact) mass is 331 g/mol. The summed E-state index contributed by atoms with van der Waals surface area (Å²) in [5, 5.41) is 6.11. The molecule has 94 valence electrons. The van der Waals surface area contributed by atoms with Crippen LogP contribution in [0.2, 0.25) is 0 Å². The van der Waals surface area contributed by atoms with Crippen LogP contribution >= 0.6 is 27.3 Å². The van der Waals surface area contributed by atoms with Crippen LogP contribution < -0.4 is 5.32 Å². The van der Waals surface area contributed by atoms with E-state index in [1.165, 1.54) is 4.70 Å². The highest BCUT2D eigenvalue weighted by Crippen LogP contribution is 2.24. The minimum atomic E-state index is -0.101. The molecule has 0 radical (unpaired) electrons. The van der Waals surface area contributed by atoms with Crippen molar-refractivity contribution in [2.24, 2.45) is 0 Å². The van der Waals surface area contributed by atoms with Crippen molar-refractivity contribution in [3.8, 4) is 0 Å². The first kappa shape index (κ1) is 12.4. The Morgan fingerprint density at radius 1 is 1.11 bits per heavy atom. The molecule has 4 heteroatoms. The Labute approximate surface area is 123 Å². The van der Waals surface area contributed by atoms with Crippen LogP contribution in [0.3, 0.4) is 0 Å². The van der Waals surface area contributed by atoms with Gasteiger partial charge in [0.05, 0.1) is 0 Å². The molecule has 0 spiro atoms. The fourth-order valence-electron chi connectivity index (χ4n) is 1.88. The highest BCUT2D eigenvalue weighted by Gasteiger charge is 2.06. The number of hydrogen-bond acceptors (Lipinski definition) is 2. The van der Waals surface area contributed by atoms with Gasteiger partial charge in [0, 0.05) is 20.4 Å². The predicted octanol–water partition coefficient (Wildman–Crippen LogP) is 4.92. The number of carbonyl (C=O) groups is 1. The van der Waals surface area contributed by atoms with Crippen LogP contribution in [0, 0.1) is 0 Å². The zero-order valence-corrected chi connectivity index (χ0v) is 12.3. The molecule has 19 heavy (non-hydrogen) atoms. The van der Waals surface area contributed by atoms with Crippen molar-refractivity contribution in [2.75, 3.05) is 5.32 Å². The van der Waals surface area contributed by atoms with Gasteiger partial charge in [0.2, 0.25) is 0 Å². The van der Waals surface area contributed by atoms with E-state index in [-0.39, 0.29) is 5.91 Å². The summed E-state index contributed by atoms with van der Waals surface area (Å²) in [6.07, 6.45) is 0. The summed E-state index contributed by atoms with van der Waals surface area (Å²) < 4.78 is 2.12. The number of amides is 1. The minimum absolute atomic E-state index is 0.101. The van der Waals surface area contributed by atoms with Gasteiger partial charge in [-0.25, -0.2) is 0 Å². The lowest BCUT2D eigenvalue weighted by atomic mass is 10.2. The number of benzene rings is 2. The van der Waals surface area contributed by atoms with Gasteiger partial charge in [-0.3, -0.25) is 4.79 Å². The molecule has 0 aliphatic rings. The first-order valence-corrected chi connectivity index (χ1v) is 7.44. The largest absolute Gasteiger partial charge is 0.322 e.